The average Bonchev–Trinajstić information content (AvgIpc) is 3.22. The second-order valence-corrected chi connectivity index (χ2v) is 10.3. The Balaban J connectivity index is 1.89. The normalized spacial score (nSPS) is 11.4. The Morgan fingerprint density at radius 1 is 1.03 bits per heavy atom. The summed E-state index contributed by atoms with van der Waals surface area (Å²) < 4.78 is 6.95. The Morgan fingerprint density at radius 3 is 2.39 bits per heavy atom. The minimum Gasteiger partial charge on any atom is -0.385 e. The highest BCUT2D eigenvalue weighted by Gasteiger charge is 2.24. The molecule has 0 fully saturated rings. The number of carbonyl (C=O) groups excluding carboxylic acids is 2. The summed E-state index contributed by atoms with van der Waals surface area (Å²) in [5.74, 6) is 0.135. The molecule has 1 aromatic heterocycles. The quantitative estimate of drug-likeness (QED) is 0.418. The summed E-state index contributed by atoms with van der Waals surface area (Å²) in [5.41, 5.74) is 5.26. The first-order chi connectivity index (χ1) is 17.0. The van der Waals surface area contributed by atoms with Gasteiger partial charge < -0.3 is 15.0 Å². The van der Waals surface area contributed by atoms with Gasteiger partial charge in [-0.15, -0.1) is 0 Å². The monoisotopic (exact) mass is 490 g/mol. The third kappa shape index (κ3) is 6.61. The van der Waals surface area contributed by atoms with Crippen molar-refractivity contribution in [1.82, 2.24) is 14.7 Å². The number of amides is 2. The largest absolute Gasteiger partial charge is 0.385 e. The van der Waals surface area contributed by atoms with Crippen molar-refractivity contribution in [3.05, 3.63) is 76.5 Å². The molecule has 3 rings (SSSR count). The molecule has 0 aliphatic rings. The first-order valence-corrected chi connectivity index (χ1v) is 12.3. The summed E-state index contributed by atoms with van der Waals surface area (Å²) in [5, 5.41) is 7.86. The summed E-state index contributed by atoms with van der Waals surface area (Å²) in [6.45, 7) is 13.1. The number of benzene rings is 2. The van der Waals surface area contributed by atoms with Gasteiger partial charge in [-0.2, -0.15) is 5.10 Å². The van der Waals surface area contributed by atoms with Gasteiger partial charge in [-0.1, -0.05) is 56.7 Å². The number of ether oxygens (including phenoxy) is 1. The van der Waals surface area contributed by atoms with E-state index in [1.54, 1.807) is 22.8 Å². The maximum absolute atomic E-state index is 13.3. The van der Waals surface area contributed by atoms with E-state index in [1.807, 2.05) is 57.2 Å². The molecule has 1 heterocycles. The van der Waals surface area contributed by atoms with Crippen LogP contribution in [0.25, 0.3) is 5.69 Å². The number of methoxy groups -OCH3 is 1. The number of aromatic nitrogens is 2. The molecule has 0 spiro atoms. The standard InChI is InChI=1S/C29H38N4O3/c1-20-13-14-24(22(3)17-20)33-26(18-25(31-33)29(4,5)6)30-27(34)19-32(15-10-16-36-7)28(35)23-12-9-8-11-21(23)2/h8-9,11-14,17-18H,10,15-16,19H2,1-7H3,(H,30,34). The van der Waals surface area contributed by atoms with Crippen LogP contribution in [-0.2, 0) is 14.9 Å². The second kappa shape index (κ2) is 11.5. The van der Waals surface area contributed by atoms with Crippen LogP contribution >= 0.6 is 0 Å². The van der Waals surface area contributed by atoms with Crippen molar-refractivity contribution >= 4 is 17.6 Å². The first kappa shape index (κ1) is 27.1. The van der Waals surface area contributed by atoms with E-state index in [2.05, 4.69) is 32.2 Å². The highest BCUT2D eigenvalue weighted by Crippen LogP contribution is 2.28. The van der Waals surface area contributed by atoms with Gasteiger partial charge in [0.1, 0.15) is 12.4 Å². The average molecular weight is 491 g/mol. The van der Waals surface area contributed by atoms with Crippen LogP contribution < -0.4 is 5.32 Å². The van der Waals surface area contributed by atoms with E-state index in [4.69, 9.17) is 9.84 Å². The third-order valence-corrected chi connectivity index (χ3v) is 6.10. The Hall–Kier alpha value is -3.45. The van der Waals surface area contributed by atoms with E-state index in [0.29, 0.717) is 31.0 Å². The van der Waals surface area contributed by atoms with E-state index in [9.17, 15) is 9.59 Å². The summed E-state index contributed by atoms with van der Waals surface area (Å²) >= 11 is 0. The topological polar surface area (TPSA) is 76.5 Å². The lowest BCUT2D eigenvalue weighted by atomic mass is 9.92. The number of rotatable bonds is 9. The van der Waals surface area contributed by atoms with Crippen LogP contribution in [0.2, 0.25) is 0 Å². The zero-order chi connectivity index (χ0) is 26.5. The van der Waals surface area contributed by atoms with Crippen LogP contribution in [0.4, 0.5) is 5.82 Å². The molecule has 0 aliphatic heterocycles. The number of hydrogen-bond acceptors (Lipinski definition) is 4. The van der Waals surface area contributed by atoms with Crippen molar-refractivity contribution in [2.24, 2.45) is 0 Å². The molecule has 192 valence electrons. The van der Waals surface area contributed by atoms with Crippen LogP contribution in [0.1, 0.15) is 59.9 Å². The molecular formula is C29H38N4O3. The van der Waals surface area contributed by atoms with Crippen molar-refractivity contribution in [3.8, 4) is 5.69 Å². The molecule has 7 heteroatoms. The number of aryl methyl sites for hydroxylation is 3. The van der Waals surface area contributed by atoms with E-state index < -0.39 is 0 Å². The molecule has 0 radical (unpaired) electrons. The zero-order valence-corrected chi connectivity index (χ0v) is 22.5. The van der Waals surface area contributed by atoms with Gasteiger partial charge in [0, 0.05) is 37.3 Å². The Kier molecular flexibility index (Phi) is 8.69. The number of nitrogens with one attached hydrogen (secondary N) is 1. The minimum absolute atomic E-state index is 0.0696. The number of nitrogens with zero attached hydrogens (tertiary/aromatic N) is 3. The van der Waals surface area contributed by atoms with Crippen LogP contribution in [0, 0.1) is 20.8 Å². The van der Waals surface area contributed by atoms with Crippen LogP contribution in [0.15, 0.2) is 48.5 Å². The van der Waals surface area contributed by atoms with Crippen LogP contribution in [0.5, 0.6) is 0 Å². The smallest absolute Gasteiger partial charge is 0.254 e. The first-order valence-electron chi connectivity index (χ1n) is 12.3. The van der Waals surface area contributed by atoms with Gasteiger partial charge in [-0.05, 0) is 50.5 Å². The van der Waals surface area contributed by atoms with E-state index in [0.717, 1.165) is 28.1 Å². The molecule has 0 saturated carbocycles. The molecule has 0 unspecified atom stereocenters. The lowest BCUT2D eigenvalue weighted by Crippen LogP contribution is -2.39. The Bertz CT molecular complexity index is 1220. The maximum atomic E-state index is 13.3. The third-order valence-electron chi connectivity index (χ3n) is 6.10. The molecular weight excluding hydrogens is 452 g/mol. The highest BCUT2D eigenvalue weighted by molar-refractivity contribution is 6.00. The van der Waals surface area contributed by atoms with Gasteiger partial charge in [0.2, 0.25) is 5.91 Å². The highest BCUT2D eigenvalue weighted by atomic mass is 16.5. The molecule has 0 aliphatic carbocycles. The maximum Gasteiger partial charge on any atom is 0.254 e. The van der Waals surface area contributed by atoms with Crippen molar-refractivity contribution in [3.63, 3.8) is 0 Å². The summed E-state index contributed by atoms with van der Waals surface area (Å²) in [7, 11) is 1.63. The lowest BCUT2D eigenvalue weighted by Gasteiger charge is -2.23. The molecule has 0 bridgehead atoms. The fourth-order valence-electron chi connectivity index (χ4n) is 4.05. The SMILES string of the molecule is COCCCN(CC(=O)Nc1cc(C(C)(C)C)nn1-c1ccc(C)cc1C)C(=O)c1ccccc1C. The fourth-order valence-corrected chi connectivity index (χ4v) is 4.05. The number of anilines is 1. The lowest BCUT2D eigenvalue weighted by molar-refractivity contribution is -0.117. The Labute approximate surface area is 214 Å². The van der Waals surface area contributed by atoms with Gasteiger partial charge >= 0.3 is 0 Å². The molecule has 2 aromatic carbocycles. The molecule has 3 aromatic rings. The summed E-state index contributed by atoms with van der Waals surface area (Å²) in [4.78, 5) is 28.2. The molecule has 1 N–H and O–H groups in total. The van der Waals surface area contributed by atoms with Crippen molar-refractivity contribution in [2.45, 2.75) is 53.4 Å². The van der Waals surface area contributed by atoms with Crippen LogP contribution in [-0.4, -0.2) is 53.3 Å². The number of carbonyl (C=O) groups is 2. The molecule has 0 saturated heterocycles. The summed E-state index contributed by atoms with van der Waals surface area (Å²) in [6.07, 6.45) is 0.635. The molecule has 0 atom stereocenters. The van der Waals surface area contributed by atoms with E-state index >= 15 is 0 Å². The van der Waals surface area contributed by atoms with Gasteiger partial charge in [-0.3, -0.25) is 9.59 Å². The van der Waals surface area contributed by atoms with Crippen molar-refractivity contribution in [2.75, 3.05) is 32.1 Å². The summed E-state index contributed by atoms with van der Waals surface area (Å²) in [6, 6.07) is 15.5. The van der Waals surface area contributed by atoms with Crippen molar-refractivity contribution in [1.29, 1.82) is 0 Å². The van der Waals surface area contributed by atoms with Gasteiger partial charge in [0.25, 0.3) is 5.91 Å². The van der Waals surface area contributed by atoms with Crippen LogP contribution in [0.3, 0.4) is 0 Å². The molecule has 36 heavy (non-hydrogen) atoms. The molecule has 7 nitrogen and oxygen atoms in total. The Morgan fingerprint density at radius 2 is 1.75 bits per heavy atom. The van der Waals surface area contributed by atoms with Gasteiger partial charge in [0.15, 0.2) is 0 Å². The van der Waals surface area contributed by atoms with Gasteiger partial charge in [0.05, 0.1) is 11.4 Å². The van der Waals surface area contributed by atoms with E-state index in [1.165, 1.54) is 0 Å². The number of hydrogen-bond donors (Lipinski definition) is 1. The van der Waals surface area contributed by atoms with Gasteiger partial charge in [-0.25, -0.2) is 4.68 Å². The predicted octanol–water partition coefficient (Wildman–Crippen LogP) is 5.21. The van der Waals surface area contributed by atoms with Crippen molar-refractivity contribution < 1.29 is 14.3 Å². The minimum atomic E-state index is -0.277. The fraction of sp³-hybridized carbons (Fsp3) is 0.414. The molecule has 2 amide bonds. The predicted molar refractivity (Wildman–Crippen MR) is 144 cm³/mol. The van der Waals surface area contributed by atoms with E-state index in [-0.39, 0.29) is 23.8 Å². The zero-order valence-electron chi connectivity index (χ0n) is 22.5. The second-order valence-electron chi connectivity index (χ2n) is 10.3.